The summed E-state index contributed by atoms with van der Waals surface area (Å²) in [5.41, 5.74) is 3.46. The Kier molecular flexibility index (Phi) is 6.25. The van der Waals surface area contributed by atoms with Gasteiger partial charge in [-0.2, -0.15) is 10.2 Å². The average molecular weight is 415 g/mol. The lowest BCUT2D eigenvalue weighted by Crippen LogP contribution is -2.24. The molecule has 0 aliphatic rings. The molecule has 29 heavy (non-hydrogen) atoms. The third kappa shape index (κ3) is 4.79. The van der Waals surface area contributed by atoms with Crippen molar-refractivity contribution >= 4 is 35.2 Å². The number of halogens is 2. The van der Waals surface area contributed by atoms with Crippen LogP contribution < -0.4 is 10.7 Å². The number of esters is 1. The zero-order valence-corrected chi connectivity index (χ0v) is 15.9. The Bertz CT molecular complexity index is 1070. The van der Waals surface area contributed by atoms with Crippen molar-refractivity contribution in [3.63, 3.8) is 0 Å². The van der Waals surface area contributed by atoms with Crippen LogP contribution in [0.2, 0.25) is 0 Å². The molecule has 0 spiro atoms. The number of carbonyl (C=O) groups excluding carboxylic acids is 1. The third-order valence-electron chi connectivity index (χ3n) is 3.73. The Balaban J connectivity index is 1.86. The van der Waals surface area contributed by atoms with E-state index in [9.17, 15) is 13.6 Å². The van der Waals surface area contributed by atoms with Crippen molar-refractivity contribution in [2.24, 2.45) is 5.10 Å². The van der Waals surface area contributed by atoms with Crippen LogP contribution in [0.25, 0.3) is 5.69 Å². The minimum atomic E-state index is -0.853. The first kappa shape index (κ1) is 20.1. The Labute approximate surface area is 170 Å². The van der Waals surface area contributed by atoms with E-state index >= 15 is 0 Å². The van der Waals surface area contributed by atoms with Crippen molar-refractivity contribution in [2.45, 2.75) is 0 Å². The number of nitrogens with zero attached hydrogens (tertiary/aromatic N) is 3. The summed E-state index contributed by atoms with van der Waals surface area (Å²) < 4.78 is 33.2. The van der Waals surface area contributed by atoms with Gasteiger partial charge in [-0.15, -0.1) is 0 Å². The normalized spacial score (nSPS) is 10.7. The van der Waals surface area contributed by atoms with Crippen molar-refractivity contribution in [1.82, 2.24) is 15.2 Å². The monoisotopic (exact) mass is 415 g/mol. The molecule has 0 radical (unpaired) electrons. The van der Waals surface area contributed by atoms with E-state index in [0.717, 1.165) is 16.4 Å². The topological polar surface area (TPSA) is 80.5 Å². The Hall–Kier alpha value is -3.66. The molecule has 7 nitrogen and oxygen atoms in total. The van der Waals surface area contributed by atoms with Crippen LogP contribution >= 0.6 is 12.2 Å². The Morgan fingerprint density at radius 2 is 2.00 bits per heavy atom. The highest BCUT2D eigenvalue weighted by molar-refractivity contribution is 7.80. The molecule has 0 amide bonds. The van der Waals surface area contributed by atoms with Gasteiger partial charge < -0.3 is 10.1 Å². The fourth-order valence-corrected chi connectivity index (χ4v) is 2.60. The van der Waals surface area contributed by atoms with Gasteiger partial charge in [-0.1, -0.05) is 18.2 Å². The minimum Gasteiger partial charge on any atom is -0.465 e. The number of hydrazone groups is 1. The predicted octanol–water partition coefficient (Wildman–Crippen LogP) is 3.26. The van der Waals surface area contributed by atoms with Gasteiger partial charge in [0.2, 0.25) is 0 Å². The second-order valence-corrected chi connectivity index (χ2v) is 6.04. The van der Waals surface area contributed by atoms with Crippen LogP contribution in [-0.2, 0) is 4.74 Å². The molecule has 0 atom stereocenters. The van der Waals surface area contributed by atoms with E-state index in [0.29, 0.717) is 6.07 Å². The van der Waals surface area contributed by atoms with Crippen LogP contribution in [0.15, 0.2) is 59.8 Å². The molecule has 148 valence electrons. The molecule has 10 heteroatoms. The Morgan fingerprint density at radius 3 is 2.69 bits per heavy atom. The van der Waals surface area contributed by atoms with Crippen molar-refractivity contribution in [2.75, 3.05) is 12.4 Å². The molecule has 3 rings (SSSR count). The maximum atomic E-state index is 14.2. The third-order valence-corrected chi connectivity index (χ3v) is 3.93. The molecule has 0 fully saturated rings. The zero-order valence-electron chi connectivity index (χ0n) is 15.1. The number of anilines is 1. The standard InChI is InChI=1S/C19H15F2N5O2S/c1-28-18(27)14-10-23-26(16-8-7-12(20)9-15(16)21)17(14)11-22-25-19(29)24-13-5-3-2-4-6-13/h2-11H,1H3,(H2,24,25,29)/b22-11+. The maximum absolute atomic E-state index is 14.2. The first-order valence-electron chi connectivity index (χ1n) is 8.26. The van der Waals surface area contributed by atoms with Gasteiger partial charge in [0.25, 0.3) is 0 Å². The van der Waals surface area contributed by atoms with Gasteiger partial charge in [0, 0.05) is 11.8 Å². The first-order chi connectivity index (χ1) is 14.0. The van der Waals surface area contributed by atoms with Crippen LogP contribution in [0.4, 0.5) is 14.5 Å². The summed E-state index contributed by atoms with van der Waals surface area (Å²) >= 11 is 5.15. The number of benzene rings is 2. The van der Waals surface area contributed by atoms with Crippen LogP contribution in [0.5, 0.6) is 0 Å². The fourth-order valence-electron chi connectivity index (χ4n) is 2.43. The van der Waals surface area contributed by atoms with E-state index in [1.54, 1.807) is 0 Å². The highest BCUT2D eigenvalue weighted by Crippen LogP contribution is 2.18. The maximum Gasteiger partial charge on any atom is 0.341 e. The Morgan fingerprint density at radius 1 is 1.24 bits per heavy atom. The van der Waals surface area contributed by atoms with E-state index in [2.05, 4.69) is 20.9 Å². The summed E-state index contributed by atoms with van der Waals surface area (Å²) in [6.45, 7) is 0. The number of nitrogens with one attached hydrogen (secondary N) is 2. The minimum absolute atomic E-state index is 0.0451. The number of ether oxygens (including phenoxy) is 1. The molecule has 1 aromatic heterocycles. The van der Waals surface area contributed by atoms with Crippen LogP contribution in [0.3, 0.4) is 0 Å². The van der Waals surface area contributed by atoms with E-state index in [-0.39, 0.29) is 22.1 Å². The lowest BCUT2D eigenvalue weighted by Gasteiger charge is -2.08. The van der Waals surface area contributed by atoms with Gasteiger partial charge in [0.1, 0.15) is 22.8 Å². The van der Waals surface area contributed by atoms with Gasteiger partial charge in [0.15, 0.2) is 10.9 Å². The summed E-state index contributed by atoms with van der Waals surface area (Å²) in [5, 5.41) is 11.1. The second-order valence-electron chi connectivity index (χ2n) is 5.63. The van der Waals surface area contributed by atoms with Crippen molar-refractivity contribution in [3.05, 3.63) is 77.6 Å². The molecular weight excluding hydrogens is 400 g/mol. The van der Waals surface area contributed by atoms with Gasteiger partial charge in [-0.3, -0.25) is 5.43 Å². The van der Waals surface area contributed by atoms with E-state index in [1.807, 2.05) is 30.3 Å². The number of thiocarbonyl (C=S) groups is 1. The zero-order chi connectivity index (χ0) is 20.8. The van der Waals surface area contributed by atoms with Gasteiger partial charge in [-0.25, -0.2) is 18.3 Å². The number of aromatic nitrogens is 2. The molecule has 0 saturated carbocycles. The van der Waals surface area contributed by atoms with Crippen molar-refractivity contribution in [3.8, 4) is 5.69 Å². The second kappa shape index (κ2) is 9.02. The van der Waals surface area contributed by atoms with E-state index in [1.165, 1.54) is 25.6 Å². The molecule has 2 aromatic carbocycles. The first-order valence-corrected chi connectivity index (χ1v) is 8.67. The quantitative estimate of drug-likeness (QED) is 0.288. The summed E-state index contributed by atoms with van der Waals surface area (Å²) in [4.78, 5) is 12.0. The number of para-hydroxylation sites is 1. The fraction of sp³-hybridized carbons (Fsp3) is 0.0526. The van der Waals surface area contributed by atoms with Crippen LogP contribution in [0, 0.1) is 11.6 Å². The number of carbonyl (C=O) groups is 1. The largest absolute Gasteiger partial charge is 0.465 e. The molecule has 0 aliphatic carbocycles. The highest BCUT2D eigenvalue weighted by Gasteiger charge is 2.19. The lowest BCUT2D eigenvalue weighted by molar-refractivity contribution is 0.0600. The van der Waals surface area contributed by atoms with Gasteiger partial charge in [-0.05, 0) is 36.5 Å². The molecule has 3 aromatic rings. The van der Waals surface area contributed by atoms with Gasteiger partial charge >= 0.3 is 5.97 Å². The molecular formula is C19H15F2N5O2S. The summed E-state index contributed by atoms with van der Waals surface area (Å²) in [7, 11) is 1.20. The van der Waals surface area contributed by atoms with Crippen molar-refractivity contribution in [1.29, 1.82) is 0 Å². The lowest BCUT2D eigenvalue weighted by atomic mass is 10.2. The molecule has 0 unspecified atom stereocenters. The number of rotatable bonds is 5. The molecule has 0 aliphatic heterocycles. The number of hydrogen-bond donors (Lipinski definition) is 2. The molecule has 2 N–H and O–H groups in total. The summed E-state index contributed by atoms with van der Waals surface area (Å²) in [6.07, 6.45) is 2.44. The molecule has 0 bridgehead atoms. The molecule has 0 saturated heterocycles. The summed E-state index contributed by atoms with van der Waals surface area (Å²) in [6, 6.07) is 12.2. The van der Waals surface area contributed by atoms with E-state index < -0.39 is 17.6 Å². The van der Waals surface area contributed by atoms with Gasteiger partial charge in [0.05, 0.1) is 19.5 Å². The number of hydrogen-bond acceptors (Lipinski definition) is 5. The van der Waals surface area contributed by atoms with Crippen LogP contribution in [-0.4, -0.2) is 34.2 Å². The summed E-state index contributed by atoms with van der Waals surface area (Å²) in [5.74, 6) is -2.28. The van der Waals surface area contributed by atoms with E-state index in [4.69, 9.17) is 17.0 Å². The number of methoxy groups -OCH3 is 1. The predicted molar refractivity (Wildman–Crippen MR) is 108 cm³/mol. The molecule has 1 heterocycles. The SMILES string of the molecule is COC(=O)c1cnn(-c2ccc(F)cc2F)c1/C=N/NC(=S)Nc1ccccc1. The van der Waals surface area contributed by atoms with Crippen molar-refractivity contribution < 1.29 is 18.3 Å². The average Bonchev–Trinajstić information content (AvgIpc) is 3.11. The smallest absolute Gasteiger partial charge is 0.341 e. The highest BCUT2D eigenvalue weighted by atomic mass is 32.1. The van der Waals surface area contributed by atoms with Crippen LogP contribution in [0.1, 0.15) is 16.1 Å².